The maximum atomic E-state index is 11.7. The molecule has 0 amide bonds. The number of nitrogens with one attached hydrogen (secondary N) is 1. The Labute approximate surface area is 221 Å². The van der Waals surface area contributed by atoms with Gasteiger partial charge in [-0.2, -0.15) is 0 Å². The maximum absolute atomic E-state index is 11.7. The van der Waals surface area contributed by atoms with Crippen LogP contribution in [0.25, 0.3) is 0 Å². The minimum absolute atomic E-state index is 0.0107. The molecule has 1 saturated heterocycles. The predicted molar refractivity (Wildman–Crippen MR) is 148 cm³/mol. The molecule has 2 aliphatic heterocycles. The lowest BCUT2D eigenvalue weighted by atomic mass is 9.82. The van der Waals surface area contributed by atoms with Crippen LogP contribution in [-0.2, 0) is 13.1 Å². The molecule has 1 fully saturated rings. The van der Waals surface area contributed by atoms with Gasteiger partial charge in [0, 0.05) is 49.3 Å². The van der Waals surface area contributed by atoms with Gasteiger partial charge in [-0.15, -0.1) is 0 Å². The number of hydrogen-bond donors (Lipinski definition) is 2. The molecule has 6 rings (SSSR count). The Morgan fingerprint density at radius 3 is 2.47 bits per heavy atom. The molecule has 8 heteroatoms. The van der Waals surface area contributed by atoms with Crippen molar-refractivity contribution in [3.05, 3.63) is 99.1 Å². The highest BCUT2D eigenvalue weighted by molar-refractivity contribution is 5.98. The quantitative estimate of drug-likeness (QED) is 0.222. The molecular formula is C30H30N4O4. The van der Waals surface area contributed by atoms with E-state index in [0.717, 1.165) is 36.8 Å². The lowest BCUT2D eigenvalue weighted by Gasteiger charge is -2.37. The zero-order valence-corrected chi connectivity index (χ0v) is 21.1. The third-order valence-electron chi connectivity index (χ3n) is 8.06. The summed E-state index contributed by atoms with van der Waals surface area (Å²) < 4.78 is 0. The highest BCUT2D eigenvalue weighted by atomic mass is 16.6. The normalized spacial score (nSPS) is 18.4. The number of para-hydroxylation sites is 1. The lowest BCUT2D eigenvalue weighted by molar-refractivity contribution is -0.383. The molecular weight excluding hydrogens is 480 g/mol. The first-order valence-corrected chi connectivity index (χ1v) is 13.1. The van der Waals surface area contributed by atoms with Gasteiger partial charge in [-0.05, 0) is 85.2 Å². The summed E-state index contributed by atoms with van der Waals surface area (Å²) in [5.41, 5.74) is 6.54. The van der Waals surface area contributed by atoms with Gasteiger partial charge >= 0.3 is 5.97 Å². The molecule has 0 radical (unpaired) electrons. The van der Waals surface area contributed by atoms with E-state index in [1.807, 2.05) is 18.2 Å². The molecule has 38 heavy (non-hydrogen) atoms. The fourth-order valence-electron chi connectivity index (χ4n) is 6.03. The Kier molecular flexibility index (Phi) is 6.23. The first-order chi connectivity index (χ1) is 18.5. The average molecular weight is 511 g/mol. The molecule has 8 nitrogen and oxygen atoms in total. The maximum Gasteiger partial charge on any atom is 0.338 e. The summed E-state index contributed by atoms with van der Waals surface area (Å²) in [4.78, 5) is 27.4. The van der Waals surface area contributed by atoms with Gasteiger partial charge in [-0.3, -0.25) is 10.1 Å². The van der Waals surface area contributed by atoms with E-state index in [9.17, 15) is 20.0 Å². The van der Waals surface area contributed by atoms with Crippen molar-refractivity contribution in [3.8, 4) is 0 Å². The van der Waals surface area contributed by atoms with Crippen LogP contribution in [0, 0.1) is 16.0 Å². The average Bonchev–Trinajstić information content (AvgIpc) is 3.36. The Bertz CT molecular complexity index is 1400. The molecule has 0 aromatic heterocycles. The first-order valence-electron chi connectivity index (χ1n) is 13.1. The van der Waals surface area contributed by atoms with Crippen LogP contribution < -0.4 is 15.1 Å². The molecule has 194 valence electrons. The molecule has 3 aliphatic rings. The molecule has 3 aromatic rings. The molecule has 0 bridgehead atoms. The van der Waals surface area contributed by atoms with Gasteiger partial charge in [-0.25, -0.2) is 4.79 Å². The zero-order chi connectivity index (χ0) is 26.2. The van der Waals surface area contributed by atoms with Crippen LogP contribution in [0.3, 0.4) is 0 Å². The van der Waals surface area contributed by atoms with Crippen LogP contribution >= 0.6 is 0 Å². The highest BCUT2D eigenvalue weighted by Gasteiger charge is 2.26. The number of aromatic carboxylic acids is 1. The SMILES string of the molecule is O=C(O)c1cccc([N+](=O)[O-])c1Nc1ccc2c(c1)CN(c1ccc(N3CCC4CCCC=C4C3)cc1)C2. The number of hydrogen-bond acceptors (Lipinski definition) is 6. The molecule has 0 saturated carbocycles. The van der Waals surface area contributed by atoms with Gasteiger partial charge in [0.1, 0.15) is 5.69 Å². The molecule has 3 aromatic carbocycles. The van der Waals surface area contributed by atoms with E-state index >= 15 is 0 Å². The second-order valence-corrected chi connectivity index (χ2v) is 10.4. The Hall–Kier alpha value is -4.33. The second kappa shape index (κ2) is 9.85. The Morgan fingerprint density at radius 1 is 0.947 bits per heavy atom. The third-order valence-corrected chi connectivity index (χ3v) is 8.06. The van der Waals surface area contributed by atoms with Crippen LogP contribution in [0.2, 0.25) is 0 Å². The van der Waals surface area contributed by atoms with E-state index in [4.69, 9.17) is 0 Å². The van der Waals surface area contributed by atoms with E-state index < -0.39 is 10.9 Å². The van der Waals surface area contributed by atoms with Crippen molar-refractivity contribution in [3.63, 3.8) is 0 Å². The van der Waals surface area contributed by atoms with Gasteiger partial charge in [0.2, 0.25) is 0 Å². The largest absolute Gasteiger partial charge is 0.478 e. The number of rotatable bonds is 6. The van der Waals surface area contributed by atoms with Crippen molar-refractivity contribution in [2.45, 2.75) is 38.8 Å². The van der Waals surface area contributed by atoms with Crippen LogP contribution in [0.5, 0.6) is 0 Å². The molecule has 0 spiro atoms. The number of benzene rings is 3. The van der Waals surface area contributed by atoms with E-state index in [-0.39, 0.29) is 16.9 Å². The van der Waals surface area contributed by atoms with E-state index in [1.54, 1.807) is 5.57 Å². The number of carboxylic acids is 1. The Morgan fingerprint density at radius 2 is 1.71 bits per heavy atom. The number of piperidine rings is 1. The minimum Gasteiger partial charge on any atom is -0.478 e. The summed E-state index contributed by atoms with van der Waals surface area (Å²) >= 11 is 0. The topological polar surface area (TPSA) is 98.9 Å². The van der Waals surface area contributed by atoms with Gasteiger partial charge < -0.3 is 20.2 Å². The van der Waals surface area contributed by atoms with Crippen LogP contribution in [0.4, 0.5) is 28.4 Å². The van der Waals surface area contributed by atoms with Crippen molar-refractivity contribution in [1.29, 1.82) is 0 Å². The number of nitro groups is 1. The Balaban J connectivity index is 1.17. The monoisotopic (exact) mass is 510 g/mol. The second-order valence-electron chi connectivity index (χ2n) is 10.4. The minimum atomic E-state index is -1.22. The van der Waals surface area contributed by atoms with Crippen molar-refractivity contribution in [2.24, 2.45) is 5.92 Å². The number of nitro benzene ring substituents is 1. The van der Waals surface area contributed by atoms with Crippen LogP contribution in [-0.4, -0.2) is 29.1 Å². The van der Waals surface area contributed by atoms with Gasteiger partial charge in [0.05, 0.1) is 10.5 Å². The summed E-state index contributed by atoms with van der Waals surface area (Å²) in [6.07, 6.45) is 7.58. The summed E-state index contributed by atoms with van der Waals surface area (Å²) in [6.45, 7) is 3.64. The number of allylic oxidation sites excluding steroid dienone is 1. The number of fused-ring (bicyclic) bond motifs is 2. The van der Waals surface area contributed by atoms with Gasteiger partial charge in [0.15, 0.2) is 0 Å². The van der Waals surface area contributed by atoms with E-state index in [2.05, 4.69) is 45.5 Å². The van der Waals surface area contributed by atoms with E-state index in [0.29, 0.717) is 12.2 Å². The summed E-state index contributed by atoms with van der Waals surface area (Å²) in [5.74, 6) is -0.433. The lowest BCUT2D eigenvalue weighted by Crippen LogP contribution is -2.36. The van der Waals surface area contributed by atoms with Crippen molar-refractivity contribution >= 4 is 34.4 Å². The molecule has 1 atom stereocenters. The molecule has 1 aliphatic carbocycles. The fourth-order valence-corrected chi connectivity index (χ4v) is 6.03. The smallest absolute Gasteiger partial charge is 0.338 e. The number of carbonyl (C=O) groups is 1. The number of nitrogens with zero attached hydrogens (tertiary/aromatic N) is 3. The van der Waals surface area contributed by atoms with Crippen molar-refractivity contribution in [1.82, 2.24) is 0 Å². The van der Waals surface area contributed by atoms with Crippen LogP contribution in [0.1, 0.15) is 47.2 Å². The molecule has 2 N–H and O–H groups in total. The standard InChI is InChI=1S/C30H30N4O4/c35-30(36)27-6-3-7-28(34(37)38)29(27)31-24-9-8-22-18-33(19-23(22)16-24)26-12-10-25(11-13-26)32-15-14-20-4-1-2-5-21(20)17-32/h3,5-13,16,20,31H,1-2,4,14-15,17-19H2,(H,35,36). The number of carboxylic acid groups (broad SMARTS) is 1. The molecule has 2 heterocycles. The molecule has 1 unspecified atom stereocenters. The van der Waals surface area contributed by atoms with Gasteiger partial charge in [-0.1, -0.05) is 23.8 Å². The fraction of sp³-hybridized carbons (Fsp3) is 0.300. The van der Waals surface area contributed by atoms with Crippen molar-refractivity contribution < 1.29 is 14.8 Å². The van der Waals surface area contributed by atoms with Crippen LogP contribution in [0.15, 0.2) is 72.3 Å². The van der Waals surface area contributed by atoms with Gasteiger partial charge in [0.25, 0.3) is 5.69 Å². The summed E-state index contributed by atoms with van der Waals surface area (Å²) in [7, 11) is 0. The van der Waals surface area contributed by atoms with Crippen molar-refractivity contribution in [2.75, 3.05) is 28.2 Å². The third kappa shape index (κ3) is 4.58. The summed E-state index contributed by atoms with van der Waals surface area (Å²) in [5, 5.41) is 24.1. The highest BCUT2D eigenvalue weighted by Crippen LogP contribution is 2.37. The zero-order valence-electron chi connectivity index (χ0n) is 21.1. The predicted octanol–water partition coefficient (Wildman–Crippen LogP) is 6.49. The first kappa shape index (κ1) is 24.0. The summed E-state index contributed by atoms with van der Waals surface area (Å²) in [6, 6.07) is 18.7. The number of anilines is 4. The van der Waals surface area contributed by atoms with E-state index in [1.165, 1.54) is 55.1 Å².